The van der Waals surface area contributed by atoms with Gasteiger partial charge in [0.2, 0.25) is 5.88 Å². The van der Waals surface area contributed by atoms with Gasteiger partial charge in [-0.15, -0.1) is 0 Å². The van der Waals surface area contributed by atoms with E-state index in [-0.39, 0.29) is 24.2 Å². The molecule has 29 heavy (non-hydrogen) atoms. The van der Waals surface area contributed by atoms with Crippen molar-refractivity contribution in [3.8, 4) is 11.9 Å². The predicted octanol–water partition coefficient (Wildman–Crippen LogP) is 5.08. The van der Waals surface area contributed by atoms with Gasteiger partial charge in [-0.25, -0.2) is 4.79 Å². The van der Waals surface area contributed by atoms with Crippen LogP contribution in [-0.4, -0.2) is 21.5 Å². The number of fused-ring (bicyclic) bond motifs is 1. The molecule has 3 rings (SSSR count). The first-order valence-corrected chi connectivity index (χ1v) is 9.51. The number of imidazole rings is 1. The van der Waals surface area contributed by atoms with E-state index < -0.39 is 5.97 Å². The maximum atomic E-state index is 12.4. The van der Waals surface area contributed by atoms with Crippen molar-refractivity contribution < 1.29 is 14.3 Å². The third-order valence-electron chi connectivity index (χ3n) is 3.83. The molecule has 0 bridgehead atoms. The molecule has 1 aromatic carbocycles. The molecular weight excluding hydrogens is 413 g/mol. The molecule has 3 aromatic rings. The fraction of sp³-hybridized carbons (Fsp3) is 0.190. The molecule has 0 fully saturated rings. The summed E-state index contributed by atoms with van der Waals surface area (Å²) in [5.74, 6) is -0.525. The molecule has 2 aromatic heterocycles. The quantitative estimate of drug-likeness (QED) is 0.310. The highest BCUT2D eigenvalue weighted by Crippen LogP contribution is 2.30. The summed E-state index contributed by atoms with van der Waals surface area (Å²) in [6.07, 6.45) is 2.76. The van der Waals surface area contributed by atoms with E-state index in [4.69, 9.17) is 32.7 Å². The van der Waals surface area contributed by atoms with Crippen LogP contribution in [0, 0.1) is 11.3 Å². The van der Waals surface area contributed by atoms with Crippen molar-refractivity contribution in [2.75, 3.05) is 0 Å². The van der Waals surface area contributed by atoms with E-state index in [1.165, 1.54) is 6.08 Å². The average molecular weight is 430 g/mol. The number of hydrogen-bond acceptors (Lipinski definition) is 5. The fourth-order valence-corrected chi connectivity index (χ4v) is 3.10. The lowest BCUT2D eigenvalue weighted by molar-refractivity contribution is -0.139. The Balaban J connectivity index is 1.99. The van der Waals surface area contributed by atoms with Gasteiger partial charge < -0.3 is 9.47 Å². The molecule has 0 aliphatic carbocycles. The van der Waals surface area contributed by atoms with E-state index in [2.05, 4.69) is 4.98 Å². The molecule has 0 radical (unpaired) electrons. The smallest absolute Gasteiger partial charge is 0.349 e. The highest BCUT2D eigenvalue weighted by atomic mass is 35.5. The van der Waals surface area contributed by atoms with Crippen molar-refractivity contribution in [3.05, 3.63) is 69.5 Å². The van der Waals surface area contributed by atoms with E-state index >= 15 is 0 Å². The van der Waals surface area contributed by atoms with Crippen LogP contribution in [0.5, 0.6) is 5.88 Å². The Morgan fingerprint density at radius 1 is 1.31 bits per heavy atom. The molecule has 0 N–H and O–H groups in total. The van der Waals surface area contributed by atoms with Gasteiger partial charge in [-0.2, -0.15) is 10.2 Å². The first kappa shape index (κ1) is 20.7. The molecule has 0 atom stereocenters. The largest absolute Gasteiger partial charge is 0.473 e. The van der Waals surface area contributed by atoms with Gasteiger partial charge in [0.15, 0.2) is 5.65 Å². The summed E-state index contributed by atoms with van der Waals surface area (Å²) in [6, 6.07) is 12.6. The summed E-state index contributed by atoms with van der Waals surface area (Å²) in [4.78, 5) is 16.8. The van der Waals surface area contributed by atoms with Gasteiger partial charge in [0, 0.05) is 6.20 Å². The van der Waals surface area contributed by atoms with Crippen LogP contribution in [0.3, 0.4) is 0 Å². The second kappa shape index (κ2) is 8.99. The Hall–Kier alpha value is -3.01. The van der Waals surface area contributed by atoms with Crippen LogP contribution in [-0.2, 0) is 16.1 Å². The molecule has 148 valence electrons. The minimum atomic E-state index is -0.755. The van der Waals surface area contributed by atoms with Crippen molar-refractivity contribution in [1.82, 2.24) is 9.38 Å². The molecule has 6 nitrogen and oxygen atoms in total. The fourth-order valence-electron chi connectivity index (χ4n) is 2.59. The molecule has 0 spiro atoms. The van der Waals surface area contributed by atoms with Crippen LogP contribution in [0.4, 0.5) is 0 Å². The van der Waals surface area contributed by atoms with Crippen LogP contribution in [0.25, 0.3) is 11.7 Å². The molecule has 0 aliphatic rings. The maximum absolute atomic E-state index is 12.4. The number of pyridine rings is 1. The topological polar surface area (TPSA) is 76.6 Å². The van der Waals surface area contributed by atoms with Gasteiger partial charge in [0.1, 0.15) is 23.9 Å². The molecule has 0 saturated heterocycles. The van der Waals surface area contributed by atoms with Crippen molar-refractivity contribution in [1.29, 1.82) is 5.26 Å². The zero-order valence-electron chi connectivity index (χ0n) is 15.7. The second-order valence-corrected chi connectivity index (χ2v) is 7.24. The zero-order valence-corrected chi connectivity index (χ0v) is 17.2. The third kappa shape index (κ3) is 4.89. The first-order valence-electron chi connectivity index (χ1n) is 8.75. The zero-order chi connectivity index (χ0) is 21.0. The monoisotopic (exact) mass is 429 g/mol. The van der Waals surface area contributed by atoms with E-state index in [9.17, 15) is 10.1 Å². The van der Waals surface area contributed by atoms with E-state index in [0.717, 1.165) is 5.56 Å². The average Bonchev–Trinajstić information content (AvgIpc) is 3.01. The summed E-state index contributed by atoms with van der Waals surface area (Å²) in [5.41, 5.74) is 1.38. The van der Waals surface area contributed by atoms with Gasteiger partial charge in [0.25, 0.3) is 0 Å². The number of benzene rings is 1. The van der Waals surface area contributed by atoms with Gasteiger partial charge in [-0.05, 0) is 31.6 Å². The van der Waals surface area contributed by atoms with E-state index in [1.807, 2.05) is 50.2 Å². The molecular formula is C21H17Cl2N3O3. The van der Waals surface area contributed by atoms with Gasteiger partial charge in [0.05, 0.1) is 16.1 Å². The van der Waals surface area contributed by atoms with Crippen molar-refractivity contribution >= 4 is 40.9 Å². The third-order valence-corrected chi connectivity index (χ3v) is 4.31. The summed E-state index contributed by atoms with van der Waals surface area (Å²) in [7, 11) is 0. The molecule has 0 saturated carbocycles. The summed E-state index contributed by atoms with van der Waals surface area (Å²) < 4.78 is 12.6. The lowest BCUT2D eigenvalue weighted by Crippen LogP contribution is -2.09. The number of carbonyl (C=O) groups excluding carboxylic acids is 1. The van der Waals surface area contributed by atoms with Crippen molar-refractivity contribution in [2.45, 2.75) is 26.6 Å². The standard InChI is InChI=1S/C21H17Cl2N3O3/c1-13(2)29-20-18(26-11-16(22)9-17(23)19(26)25-20)8-15(10-24)21(27)28-12-14-6-4-3-5-7-14/h3-9,11,13H,12H2,1-2H3/b15-8-. The SMILES string of the molecule is CC(C)Oc1nc2c(Cl)cc(Cl)cn2c1/C=C(/C#N)C(=O)OCc1ccccc1. The minimum absolute atomic E-state index is 0.0544. The number of carbonyl (C=O) groups is 1. The Morgan fingerprint density at radius 2 is 2.03 bits per heavy atom. The number of nitriles is 1. The predicted molar refractivity (Wildman–Crippen MR) is 111 cm³/mol. The Kier molecular flexibility index (Phi) is 6.42. The summed E-state index contributed by atoms with van der Waals surface area (Å²) >= 11 is 12.3. The lowest BCUT2D eigenvalue weighted by Gasteiger charge is -2.08. The van der Waals surface area contributed by atoms with Gasteiger partial charge >= 0.3 is 5.97 Å². The van der Waals surface area contributed by atoms with Crippen molar-refractivity contribution in [3.63, 3.8) is 0 Å². The van der Waals surface area contributed by atoms with E-state index in [1.54, 1.807) is 16.7 Å². The van der Waals surface area contributed by atoms with Crippen LogP contribution >= 0.6 is 23.2 Å². The van der Waals surface area contributed by atoms with Crippen LogP contribution in [0.2, 0.25) is 10.0 Å². The normalized spacial score (nSPS) is 11.5. The van der Waals surface area contributed by atoms with Crippen LogP contribution < -0.4 is 4.74 Å². The number of halogens is 2. The van der Waals surface area contributed by atoms with Crippen LogP contribution in [0.1, 0.15) is 25.1 Å². The van der Waals surface area contributed by atoms with E-state index in [0.29, 0.717) is 21.4 Å². The Bertz CT molecular complexity index is 1120. The molecule has 2 heterocycles. The second-order valence-electron chi connectivity index (χ2n) is 6.40. The first-order chi connectivity index (χ1) is 13.9. The molecule has 8 heteroatoms. The Morgan fingerprint density at radius 3 is 2.69 bits per heavy atom. The highest BCUT2D eigenvalue weighted by Gasteiger charge is 2.19. The number of ether oxygens (including phenoxy) is 2. The summed E-state index contributed by atoms with van der Waals surface area (Å²) in [6.45, 7) is 3.73. The number of aromatic nitrogens is 2. The van der Waals surface area contributed by atoms with Crippen molar-refractivity contribution in [2.24, 2.45) is 0 Å². The number of esters is 1. The van der Waals surface area contributed by atoms with Crippen LogP contribution in [0.15, 0.2) is 48.2 Å². The number of rotatable bonds is 6. The summed E-state index contributed by atoms with van der Waals surface area (Å²) in [5, 5.41) is 10.2. The number of hydrogen-bond donors (Lipinski definition) is 0. The molecule has 0 aliphatic heterocycles. The molecule has 0 amide bonds. The van der Waals surface area contributed by atoms with Gasteiger partial charge in [-0.3, -0.25) is 4.40 Å². The maximum Gasteiger partial charge on any atom is 0.349 e. The lowest BCUT2D eigenvalue weighted by atomic mass is 10.2. The minimum Gasteiger partial charge on any atom is -0.473 e. The molecule has 0 unspecified atom stereocenters. The Labute approximate surface area is 177 Å². The number of nitrogens with zero attached hydrogens (tertiary/aromatic N) is 3. The van der Waals surface area contributed by atoms with Gasteiger partial charge in [-0.1, -0.05) is 53.5 Å². The highest BCUT2D eigenvalue weighted by molar-refractivity contribution is 6.36.